The fraction of sp³-hybridized carbons (Fsp3) is 0.267. The van der Waals surface area contributed by atoms with E-state index in [2.05, 4.69) is 56.0 Å². The van der Waals surface area contributed by atoms with Gasteiger partial charge in [-0.1, -0.05) is 0 Å². The van der Waals surface area contributed by atoms with Crippen molar-refractivity contribution in [2.45, 2.75) is 26.6 Å². The fourth-order valence-electron chi connectivity index (χ4n) is 2.81. The Morgan fingerprint density at radius 3 is 3.04 bits per heavy atom. The van der Waals surface area contributed by atoms with Gasteiger partial charge in [0.25, 0.3) is 5.56 Å². The lowest BCUT2D eigenvalue weighted by Gasteiger charge is -2.27. The molecule has 3 aromatic rings. The lowest BCUT2D eigenvalue weighted by molar-refractivity contribution is 0.577. The van der Waals surface area contributed by atoms with E-state index in [1.54, 1.807) is 0 Å². The number of aromatic nitrogens is 4. The third-order valence-corrected chi connectivity index (χ3v) is 4.01. The Morgan fingerprint density at radius 2 is 2.17 bits per heavy atom. The first-order valence-electron chi connectivity index (χ1n) is 7.44. The summed E-state index contributed by atoms with van der Waals surface area (Å²) in [7, 11) is 0. The third kappa shape index (κ3) is 2.42. The van der Waals surface area contributed by atoms with Gasteiger partial charge >= 0.3 is 0 Å². The van der Waals surface area contributed by atoms with E-state index in [0.717, 1.165) is 17.9 Å². The molecule has 3 heterocycles. The van der Waals surface area contributed by atoms with Crippen LogP contribution in [0.3, 0.4) is 0 Å². The molecular weight excluding hydrogens is 294 g/mol. The molecule has 0 radical (unpaired) electrons. The van der Waals surface area contributed by atoms with Gasteiger partial charge in [-0.2, -0.15) is 4.98 Å². The van der Waals surface area contributed by atoms with Gasteiger partial charge in [0, 0.05) is 24.1 Å². The van der Waals surface area contributed by atoms with Gasteiger partial charge in [-0.25, -0.2) is 4.98 Å². The standard InChI is InChI=1S/C15H17N7O/c1-7-3-9(4-12-10(7)5-16-8(2)18-12)19-15-17-6-11-13(20-15)21-22-14(11)23/h3-4,6,8,16,18H,5H2,1-2H3,(H3,17,19,20,21,22,23). The molecule has 0 spiro atoms. The third-order valence-electron chi connectivity index (χ3n) is 4.01. The molecule has 5 N–H and O–H groups in total. The van der Waals surface area contributed by atoms with Gasteiger partial charge in [0.2, 0.25) is 5.95 Å². The Kier molecular flexibility index (Phi) is 3.05. The zero-order valence-corrected chi connectivity index (χ0v) is 12.8. The second-order valence-electron chi connectivity index (χ2n) is 5.73. The van der Waals surface area contributed by atoms with Gasteiger partial charge in [0.15, 0.2) is 5.65 Å². The summed E-state index contributed by atoms with van der Waals surface area (Å²) in [6.45, 7) is 5.01. The number of fused-ring (bicyclic) bond motifs is 2. The second kappa shape index (κ2) is 5.10. The smallest absolute Gasteiger partial charge is 0.275 e. The average molecular weight is 311 g/mol. The summed E-state index contributed by atoms with van der Waals surface area (Å²) in [6, 6.07) is 4.11. The van der Waals surface area contributed by atoms with E-state index in [0.29, 0.717) is 17.0 Å². The monoisotopic (exact) mass is 311 g/mol. The van der Waals surface area contributed by atoms with E-state index in [1.165, 1.54) is 17.3 Å². The number of hydrogen-bond acceptors (Lipinski definition) is 6. The number of aryl methyl sites for hydroxylation is 1. The van der Waals surface area contributed by atoms with Crippen molar-refractivity contribution in [1.29, 1.82) is 0 Å². The molecule has 0 fully saturated rings. The molecule has 1 atom stereocenters. The predicted molar refractivity (Wildman–Crippen MR) is 88.9 cm³/mol. The molecule has 1 aromatic carbocycles. The van der Waals surface area contributed by atoms with Gasteiger partial charge < -0.3 is 10.6 Å². The van der Waals surface area contributed by atoms with Crippen LogP contribution < -0.4 is 21.5 Å². The largest absolute Gasteiger partial charge is 0.370 e. The number of benzene rings is 1. The van der Waals surface area contributed by atoms with Crippen LogP contribution in [0.2, 0.25) is 0 Å². The fourth-order valence-corrected chi connectivity index (χ4v) is 2.81. The Morgan fingerprint density at radius 1 is 1.30 bits per heavy atom. The molecule has 4 rings (SSSR count). The van der Waals surface area contributed by atoms with Crippen molar-refractivity contribution in [2.75, 3.05) is 10.6 Å². The van der Waals surface area contributed by atoms with Crippen molar-refractivity contribution in [3.63, 3.8) is 0 Å². The summed E-state index contributed by atoms with van der Waals surface area (Å²) < 4.78 is 0. The maximum absolute atomic E-state index is 11.5. The van der Waals surface area contributed by atoms with Crippen LogP contribution in [-0.4, -0.2) is 26.3 Å². The Labute approximate surface area is 131 Å². The quantitative estimate of drug-likeness (QED) is 0.491. The minimum Gasteiger partial charge on any atom is -0.370 e. The van der Waals surface area contributed by atoms with E-state index in [1.807, 2.05) is 6.07 Å². The molecule has 0 saturated carbocycles. The summed E-state index contributed by atoms with van der Waals surface area (Å²) in [4.78, 5) is 20.0. The number of aromatic amines is 2. The van der Waals surface area contributed by atoms with Crippen molar-refractivity contribution >= 4 is 28.4 Å². The first-order chi connectivity index (χ1) is 11.1. The van der Waals surface area contributed by atoms with Gasteiger partial charge in [-0.15, -0.1) is 0 Å². The van der Waals surface area contributed by atoms with Crippen molar-refractivity contribution in [1.82, 2.24) is 25.5 Å². The lowest BCUT2D eigenvalue weighted by Crippen LogP contribution is -2.37. The molecule has 0 bridgehead atoms. The van der Waals surface area contributed by atoms with Gasteiger partial charge in [0.1, 0.15) is 5.39 Å². The molecule has 0 amide bonds. The molecule has 0 aliphatic carbocycles. The van der Waals surface area contributed by atoms with Crippen LogP contribution in [0.1, 0.15) is 18.1 Å². The van der Waals surface area contributed by atoms with E-state index < -0.39 is 0 Å². The molecule has 8 nitrogen and oxygen atoms in total. The number of H-pyrrole nitrogens is 2. The first-order valence-corrected chi connectivity index (χ1v) is 7.44. The minimum atomic E-state index is -0.220. The highest BCUT2D eigenvalue weighted by atomic mass is 16.1. The van der Waals surface area contributed by atoms with E-state index in [4.69, 9.17) is 0 Å². The highest BCUT2D eigenvalue weighted by molar-refractivity contribution is 5.75. The topological polar surface area (TPSA) is 111 Å². The van der Waals surface area contributed by atoms with Crippen molar-refractivity contribution in [2.24, 2.45) is 0 Å². The minimum absolute atomic E-state index is 0.220. The number of rotatable bonds is 2. The molecule has 2 aromatic heterocycles. The van der Waals surface area contributed by atoms with Gasteiger partial charge in [0.05, 0.1) is 6.17 Å². The molecule has 0 saturated heterocycles. The predicted octanol–water partition coefficient (Wildman–Crippen LogP) is 1.56. The maximum Gasteiger partial charge on any atom is 0.275 e. The Balaban J connectivity index is 1.68. The molecule has 1 aliphatic rings. The van der Waals surface area contributed by atoms with Crippen LogP contribution in [0.4, 0.5) is 17.3 Å². The summed E-state index contributed by atoms with van der Waals surface area (Å²) in [6.07, 6.45) is 1.74. The van der Waals surface area contributed by atoms with Crippen LogP contribution in [0.15, 0.2) is 23.1 Å². The average Bonchev–Trinajstić information content (AvgIpc) is 2.87. The number of nitrogens with one attached hydrogen (secondary N) is 5. The van der Waals surface area contributed by atoms with Crippen LogP contribution in [0, 0.1) is 6.92 Å². The zero-order chi connectivity index (χ0) is 16.0. The molecule has 1 aliphatic heterocycles. The summed E-state index contributed by atoms with van der Waals surface area (Å²) >= 11 is 0. The Bertz CT molecular complexity index is 943. The van der Waals surface area contributed by atoms with Crippen LogP contribution in [0.5, 0.6) is 0 Å². The second-order valence-corrected chi connectivity index (χ2v) is 5.73. The number of hydrogen-bond donors (Lipinski definition) is 5. The highest BCUT2D eigenvalue weighted by Gasteiger charge is 2.16. The van der Waals surface area contributed by atoms with Crippen LogP contribution in [-0.2, 0) is 6.54 Å². The van der Waals surface area contributed by atoms with Crippen molar-refractivity contribution in [3.05, 3.63) is 39.8 Å². The van der Waals surface area contributed by atoms with E-state index in [9.17, 15) is 4.79 Å². The zero-order valence-electron chi connectivity index (χ0n) is 12.8. The number of anilines is 3. The summed E-state index contributed by atoms with van der Waals surface area (Å²) in [5.74, 6) is 0.439. The maximum atomic E-state index is 11.5. The van der Waals surface area contributed by atoms with Gasteiger partial charge in [-0.05, 0) is 37.1 Å². The number of nitrogens with zero attached hydrogens (tertiary/aromatic N) is 2. The molecule has 8 heteroatoms. The van der Waals surface area contributed by atoms with Crippen LogP contribution in [0.25, 0.3) is 11.0 Å². The van der Waals surface area contributed by atoms with Crippen molar-refractivity contribution in [3.8, 4) is 0 Å². The normalized spacial score (nSPS) is 16.9. The van der Waals surface area contributed by atoms with E-state index in [-0.39, 0.29) is 11.7 Å². The van der Waals surface area contributed by atoms with Crippen molar-refractivity contribution < 1.29 is 0 Å². The lowest BCUT2D eigenvalue weighted by atomic mass is 10.0. The molecule has 23 heavy (non-hydrogen) atoms. The SMILES string of the molecule is Cc1cc(Nc2ncc3c(=O)[nH][nH]c3n2)cc2c1CNC(C)N2. The summed E-state index contributed by atoms with van der Waals surface area (Å²) in [5, 5.41) is 15.7. The van der Waals surface area contributed by atoms with Crippen LogP contribution >= 0.6 is 0 Å². The molecule has 118 valence electrons. The highest BCUT2D eigenvalue weighted by Crippen LogP contribution is 2.29. The van der Waals surface area contributed by atoms with Gasteiger partial charge in [-0.3, -0.25) is 20.3 Å². The van der Waals surface area contributed by atoms with E-state index >= 15 is 0 Å². The Hall–Kier alpha value is -2.87. The molecular formula is C15H17N7O. The first kappa shape index (κ1) is 13.8. The summed E-state index contributed by atoms with van der Waals surface area (Å²) in [5.41, 5.74) is 4.72. The molecule has 1 unspecified atom stereocenters.